The summed E-state index contributed by atoms with van der Waals surface area (Å²) in [6, 6.07) is 9.70. The molecule has 2 rings (SSSR count). The van der Waals surface area contributed by atoms with Gasteiger partial charge in [0.25, 0.3) is 0 Å². The number of hydrogen-bond acceptors (Lipinski definition) is 6. The van der Waals surface area contributed by atoms with E-state index in [1.807, 2.05) is 6.92 Å². The third kappa shape index (κ3) is 5.76. The molecule has 0 fully saturated rings. The van der Waals surface area contributed by atoms with Crippen molar-refractivity contribution in [2.45, 2.75) is 23.6 Å². The minimum absolute atomic E-state index is 0.0475. The van der Waals surface area contributed by atoms with Crippen LogP contribution in [0.15, 0.2) is 52.3 Å². The molecule has 158 valence electrons. The first-order valence-electron chi connectivity index (χ1n) is 8.57. The van der Waals surface area contributed by atoms with Gasteiger partial charge in [0, 0.05) is 12.7 Å². The third-order valence-corrected chi connectivity index (χ3v) is 6.72. The molecule has 29 heavy (non-hydrogen) atoms. The molecule has 0 saturated carbocycles. The van der Waals surface area contributed by atoms with Crippen molar-refractivity contribution in [3.63, 3.8) is 0 Å². The molecule has 2 aromatic rings. The number of rotatable bonds is 8. The minimum Gasteiger partial charge on any atom is -0.494 e. The van der Waals surface area contributed by atoms with Gasteiger partial charge in [0.2, 0.25) is 26.0 Å². The van der Waals surface area contributed by atoms with Gasteiger partial charge < -0.3 is 10.1 Å². The molecule has 0 saturated heterocycles. The Hall–Kier alpha value is -2.47. The van der Waals surface area contributed by atoms with E-state index >= 15 is 0 Å². The number of primary sulfonamides is 1. The largest absolute Gasteiger partial charge is 0.494 e. The van der Waals surface area contributed by atoms with Gasteiger partial charge in [0.1, 0.15) is 5.75 Å². The highest BCUT2D eigenvalue weighted by atomic mass is 32.2. The monoisotopic (exact) mass is 441 g/mol. The Balaban J connectivity index is 2.09. The number of nitrogens with one attached hydrogen (secondary N) is 1. The summed E-state index contributed by atoms with van der Waals surface area (Å²) >= 11 is 0. The Morgan fingerprint density at radius 3 is 2.17 bits per heavy atom. The fourth-order valence-electron chi connectivity index (χ4n) is 2.50. The normalized spacial score (nSPS) is 12.0. The van der Waals surface area contributed by atoms with Crippen molar-refractivity contribution in [3.8, 4) is 5.75 Å². The molecule has 2 aromatic carbocycles. The Kier molecular flexibility index (Phi) is 7.01. The van der Waals surface area contributed by atoms with Crippen molar-refractivity contribution in [2.24, 2.45) is 5.14 Å². The highest BCUT2D eigenvalue weighted by Gasteiger charge is 2.24. The topological polar surface area (TPSA) is 136 Å². The molecule has 3 N–H and O–H groups in total. The van der Waals surface area contributed by atoms with Crippen molar-refractivity contribution >= 4 is 31.6 Å². The first-order valence-corrected chi connectivity index (χ1v) is 11.6. The van der Waals surface area contributed by atoms with Crippen molar-refractivity contribution < 1.29 is 26.4 Å². The smallest absolute Gasteiger partial charge is 0.243 e. The number of anilines is 1. The molecule has 1 amide bonds. The summed E-state index contributed by atoms with van der Waals surface area (Å²) in [7, 11) is -6.43. The maximum atomic E-state index is 12.7. The lowest BCUT2D eigenvalue weighted by atomic mass is 10.2. The Morgan fingerprint density at radius 2 is 1.66 bits per heavy atom. The van der Waals surface area contributed by atoms with Gasteiger partial charge >= 0.3 is 0 Å². The van der Waals surface area contributed by atoms with E-state index in [1.54, 1.807) is 13.0 Å². The molecular weight excluding hydrogens is 418 g/mol. The zero-order chi connectivity index (χ0) is 21.8. The van der Waals surface area contributed by atoms with Crippen LogP contribution in [0.1, 0.15) is 12.5 Å². The zero-order valence-corrected chi connectivity index (χ0v) is 17.9. The summed E-state index contributed by atoms with van der Waals surface area (Å²) < 4.78 is 54.3. The first kappa shape index (κ1) is 22.8. The molecule has 0 aromatic heterocycles. The van der Waals surface area contributed by atoms with Crippen LogP contribution < -0.4 is 15.2 Å². The summed E-state index contributed by atoms with van der Waals surface area (Å²) in [5.41, 5.74) is 0.978. The second kappa shape index (κ2) is 8.91. The van der Waals surface area contributed by atoms with Crippen LogP contribution in [0.3, 0.4) is 0 Å². The van der Waals surface area contributed by atoms with Gasteiger partial charge in [0.15, 0.2) is 0 Å². The number of aryl methyl sites for hydroxylation is 1. The van der Waals surface area contributed by atoms with E-state index in [9.17, 15) is 21.6 Å². The van der Waals surface area contributed by atoms with Crippen molar-refractivity contribution in [1.82, 2.24) is 4.31 Å². The van der Waals surface area contributed by atoms with Gasteiger partial charge in [-0.25, -0.2) is 22.0 Å². The lowest BCUT2D eigenvalue weighted by molar-refractivity contribution is -0.116. The van der Waals surface area contributed by atoms with E-state index in [0.29, 0.717) is 23.6 Å². The summed E-state index contributed by atoms with van der Waals surface area (Å²) in [6.07, 6.45) is 0. The molecule has 0 bridgehead atoms. The molecule has 0 unspecified atom stereocenters. The second-order valence-electron chi connectivity index (χ2n) is 6.24. The number of sulfonamides is 2. The minimum atomic E-state index is -3.89. The third-order valence-electron chi connectivity index (χ3n) is 3.99. The van der Waals surface area contributed by atoms with Gasteiger partial charge in [0.05, 0.1) is 22.9 Å². The number of hydrogen-bond donors (Lipinski definition) is 2. The van der Waals surface area contributed by atoms with Crippen molar-refractivity contribution in [3.05, 3.63) is 48.0 Å². The van der Waals surface area contributed by atoms with E-state index < -0.39 is 32.5 Å². The van der Waals surface area contributed by atoms with Crippen LogP contribution in [0.25, 0.3) is 0 Å². The fourth-order valence-corrected chi connectivity index (χ4v) is 4.22. The summed E-state index contributed by atoms with van der Waals surface area (Å²) in [4.78, 5) is 12.2. The number of ether oxygens (including phenoxy) is 1. The number of nitrogens with zero attached hydrogens (tertiary/aromatic N) is 1. The van der Waals surface area contributed by atoms with E-state index in [2.05, 4.69) is 5.32 Å². The Labute approximate surface area is 170 Å². The number of carbonyl (C=O) groups excluding carboxylic acids is 1. The number of benzene rings is 2. The van der Waals surface area contributed by atoms with Crippen LogP contribution >= 0.6 is 0 Å². The van der Waals surface area contributed by atoms with E-state index in [0.717, 1.165) is 4.31 Å². The van der Waals surface area contributed by atoms with Crippen LogP contribution in [0.2, 0.25) is 0 Å². The number of nitrogens with two attached hydrogens (primary N) is 1. The van der Waals surface area contributed by atoms with Crippen molar-refractivity contribution in [1.29, 1.82) is 0 Å². The number of likely N-dealkylation sites (N-methyl/N-ethyl adjacent to an activating group) is 1. The van der Waals surface area contributed by atoms with Gasteiger partial charge in [-0.05, 0) is 61.9 Å². The molecule has 0 spiro atoms. The van der Waals surface area contributed by atoms with Gasteiger partial charge in [-0.15, -0.1) is 0 Å². The molecule has 0 atom stereocenters. The Morgan fingerprint density at radius 1 is 1.07 bits per heavy atom. The molecule has 0 aliphatic heterocycles. The molecule has 0 aliphatic carbocycles. The van der Waals surface area contributed by atoms with E-state index in [-0.39, 0.29) is 9.79 Å². The standard InChI is InChI=1S/C18H23N3O6S2/c1-4-27-17-10-9-16(11-13(17)2)29(25,26)21(3)12-18(22)20-14-5-7-15(8-6-14)28(19,23)24/h5-11H,4,12H2,1-3H3,(H,20,22)(H2,19,23,24). The highest BCUT2D eigenvalue weighted by molar-refractivity contribution is 7.89. The van der Waals surface area contributed by atoms with Crippen LogP contribution in [-0.4, -0.2) is 47.2 Å². The SMILES string of the molecule is CCOc1ccc(S(=O)(=O)N(C)CC(=O)Nc2ccc(S(N)(=O)=O)cc2)cc1C. The summed E-state index contributed by atoms with van der Waals surface area (Å²) in [5.74, 6) is 0.0110. The highest BCUT2D eigenvalue weighted by Crippen LogP contribution is 2.23. The van der Waals surface area contributed by atoms with Gasteiger partial charge in [-0.2, -0.15) is 4.31 Å². The fraction of sp³-hybridized carbons (Fsp3) is 0.278. The van der Waals surface area contributed by atoms with Crippen LogP contribution in [-0.2, 0) is 24.8 Å². The predicted octanol–water partition coefficient (Wildman–Crippen LogP) is 1.30. The molecule has 11 heteroatoms. The molecule has 0 heterocycles. The van der Waals surface area contributed by atoms with Crippen LogP contribution in [0, 0.1) is 6.92 Å². The quantitative estimate of drug-likeness (QED) is 0.634. The molecule has 0 aliphatic rings. The number of carbonyl (C=O) groups is 1. The average Bonchev–Trinajstić information content (AvgIpc) is 2.63. The van der Waals surface area contributed by atoms with E-state index in [1.165, 1.54) is 43.4 Å². The summed E-state index contributed by atoms with van der Waals surface area (Å²) in [5, 5.41) is 7.53. The lowest BCUT2D eigenvalue weighted by Gasteiger charge is -2.18. The molecule has 9 nitrogen and oxygen atoms in total. The zero-order valence-electron chi connectivity index (χ0n) is 16.2. The van der Waals surface area contributed by atoms with Crippen LogP contribution in [0.4, 0.5) is 5.69 Å². The average molecular weight is 442 g/mol. The lowest BCUT2D eigenvalue weighted by Crippen LogP contribution is -2.35. The summed E-state index contributed by atoms with van der Waals surface area (Å²) in [6.45, 7) is 3.61. The van der Waals surface area contributed by atoms with Gasteiger partial charge in [-0.1, -0.05) is 0 Å². The first-order chi connectivity index (χ1) is 13.4. The maximum Gasteiger partial charge on any atom is 0.243 e. The van der Waals surface area contributed by atoms with Crippen molar-refractivity contribution in [2.75, 3.05) is 25.5 Å². The maximum absolute atomic E-state index is 12.7. The molecule has 0 radical (unpaired) electrons. The number of amides is 1. The predicted molar refractivity (Wildman–Crippen MR) is 109 cm³/mol. The second-order valence-corrected chi connectivity index (χ2v) is 9.85. The Bertz CT molecular complexity index is 1100. The van der Waals surface area contributed by atoms with E-state index in [4.69, 9.17) is 9.88 Å². The molecular formula is C18H23N3O6S2. The van der Waals surface area contributed by atoms with Crippen LogP contribution in [0.5, 0.6) is 5.75 Å². The van der Waals surface area contributed by atoms with Gasteiger partial charge in [-0.3, -0.25) is 4.79 Å².